The van der Waals surface area contributed by atoms with Crippen LogP contribution < -0.4 is 5.56 Å². The number of fused-ring (bicyclic) bond motifs is 1. The van der Waals surface area contributed by atoms with E-state index in [-0.39, 0.29) is 18.0 Å². The summed E-state index contributed by atoms with van der Waals surface area (Å²) in [5, 5.41) is 12.0. The van der Waals surface area contributed by atoms with Crippen molar-refractivity contribution in [3.63, 3.8) is 0 Å². The normalized spacial score (nSPS) is 16.0. The summed E-state index contributed by atoms with van der Waals surface area (Å²) in [6.07, 6.45) is 2.64. The van der Waals surface area contributed by atoms with Crippen molar-refractivity contribution < 1.29 is 9.90 Å². The Bertz CT molecular complexity index is 1150. The lowest BCUT2D eigenvalue weighted by atomic mass is 9.90. The molecule has 2 heterocycles. The third kappa shape index (κ3) is 4.25. The Kier molecular flexibility index (Phi) is 5.62. The lowest BCUT2D eigenvalue weighted by molar-refractivity contribution is -0.135. The zero-order valence-electron chi connectivity index (χ0n) is 16.8. The number of rotatable bonds is 4. The van der Waals surface area contributed by atoms with Gasteiger partial charge in [-0.1, -0.05) is 35.9 Å². The minimum Gasteiger partial charge on any atom is -0.388 e. The fraction of sp³-hybridized carbons (Fsp3) is 0.348. The second-order valence-electron chi connectivity index (χ2n) is 8.05. The number of amides is 1. The number of benzene rings is 2. The first-order chi connectivity index (χ1) is 14.3. The largest absolute Gasteiger partial charge is 0.388 e. The number of carbonyl (C=O) groups excluding carboxylic acids is 1. The van der Waals surface area contributed by atoms with Crippen molar-refractivity contribution in [2.45, 2.75) is 38.3 Å². The summed E-state index contributed by atoms with van der Waals surface area (Å²) in [4.78, 5) is 31.5. The Morgan fingerprint density at radius 3 is 2.67 bits per heavy atom. The van der Waals surface area contributed by atoms with Crippen molar-refractivity contribution in [2.24, 2.45) is 0 Å². The Labute approximate surface area is 179 Å². The van der Waals surface area contributed by atoms with E-state index in [4.69, 9.17) is 11.6 Å². The molecule has 1 N–H and O–H groups in total. The minimum absolute atomic E-state index is 0.0627. The Balaban J connectivity index is 1.43. The third-order valence-corrected chi connectivity index (χ3v) is 6.14. The van der Waals surface area contributed by atoms with Gasteiger partial charge in [0.25, 0.3) is 5.56 Å². The van der Waals surface area contributed by atoms with E-state index in [0.29, 0.717) is 48.3 Å². The summed E-state index contributed by atoms with van der Waals surface area (Å²) < 4.78 is 1.45. The maximum atomic E-state index is 12.8. The van der Waals surface area contributed by atoms with Crippen molar-refractivity contribution in [1.29, 1.82) is 0 Å². The van der Waals surface area contributed by atoms with Gasteiger partial charge in [0.1, 0.15) is 0 Å². The van der Waals surface area contributed by atoms with Crippen molar-refractivity contribution in [3.05, 3.63) is 75.3 Å². The van der Waals surface area contributed by atoms with Gasteiger partial charge in [0.2, 0.25) is 5.91 Å². The van der Waals surface area contributed by atoms with Crippen LogP contribution in [0.4, 0.5) is 0 Å². The van der Waals surface area contributed by atoms with Crippen LogP contribution in [-0.4, -0.2) is 44.2 Å². The van der Waals surface area contributed by atoms with Crippen LogP contribution in [0.15, 0.2) is 53.6 Å². The molecule has 1 fully saturated rings. The van der Waals surface area contributed by atoms with Crippen molar-refractivity contribution in [1.82, 2.24) is 14.5 Å². The fourth-order valence-corrected chi connectivity index (χ4v) is 4.14. The van der Waals surface area contributed by atoms with Crippen LogP contribution in [0.1, 0.15) is 24.0 Å². The van der Waals surface area contributed by atoms with Crippen LogP contribution >= 0.6 is 11.6 Å². The summed E-state index contributed by atoms with van der Waals surface area (Å²) in [6.45, 7) is 3.08. The van der Waals surface area contributed by atoms with Crippen LogP contribution in [0, 0.1) is 6.92 Å². The van der Waals surface area contributed by atoms with E-state index in [2.05, 4.69) is 4.98 Å². The van der Waals surface area contributed by atoms with Gasteiger partial charge in [-0.15, -0.1) is 0 Å². The van der Waals surface area contributed by atoms with Gasteiger partial charge in [0, 0.05) is 18.1 Å². The molecule has 1 aromatic heterocycles. The second kappa shape index (κ2) is 8.20. The Morgan fingerprint density at radius 1 is 1.20 bits per heavy atom. The lowest BCUT2D eigenvalue weighted by Crippen LogP contribution is -2.50. The molecule has 4 rings (SSSR count). The molecule has 1 saturated heterocycles. The monoisotopic (exact) mass is 425 g/mol. The van der Waals surface area contributed by atoms with E-state index in [0.717, 1.165) is 11.1 Å². The predicted molar refractivity (Wildman–Crippen MR) is 117 cm³/mol. The van der Waals surface area contributed by atoms with Gasteiger partial charge in [0.15, 0.2) is 0 Å². The van der Waals surface area contributed by atoms with E-state index >= 15 is 0 Å². The summed E-state index contributed by atoms with van der Waals surface area (Å²) in [5.74, 6) is 0.0627. The number of hydrogen-bond acceptors (Lipinski definition) is 4. The van der Waals surface area contributed by atoms with Crippen molar-refractivity contribution >= 4 is 28.4 Å². The molecule has 156 valence electrons. The zero-order chi connectivity index (χ0) is 21.3. The maximum Gasteiger partial charge on any atom is 0.261 e. The predicted octanol–water partition coefficient (Wildman–Crippen LogP) is 2.95. The highest BCUT2D eigenvalue weighted by molar-refractivity contribution is 6.31. The van der Waals surface area contributed by atoms with E-state index in [1.165, 1.54) is 10.9 Å². The molecule has 0 aliphatic carbocycles. The molecule has 0 radical (unpaired) electrons. The molecule has 6 nitrogen and oxygen atoms in total. The molecule has 1 aliphatic rings. The second-order valence-corrected chi connectivity index (χ2v) is 8.48. The van der Waals surface area contributed by atoms with Crippen LogP contribution in [0.2, 0.25) is 5.02 Å². The number of aryl methyl sites for hydroxylation is 1. The number of aromatic nitrogens is 2. The molecule has 0 unspecified atom stereocenters. The first kappa shape index (κ1) is 20.6. The number of carbonyl (C=O) groups is 1. The smallest absolute Gasteiger partial charge is 0.261 e. The van der Waals surface area contributed by atoms with Crippen LogP contribution in [0.5, 0.6) is 0 Å². The molecule has 1 amide bonds. The van der Waals surface area contributed by atoms with E-state index in [1.807, 2.05) is 31.2 Å². The SMILES string of the molecule is Cc1ccccc1CC(=O)N1CCC(O)(Cn2cnc3cc(Cl)ccc3c2=O)CC1. The highest BCUT2D eigenvalue weighted by Gasteiger charge is 2.34. The summed E-state index contributed by atoms with van der Waals surface area (Å²) in [5.41, 5.74) is 1.40. The highest BCUT2D eigenvalue weighted by atomic mass is 35.5. The average Bonchev–Trinajstić information content (AvgIpc) is 2.72. The molecule has 0 spiro atoms. The van der Waals surface area contributed by atoms with Crippen LogP contribution in [0.3, 0.4) is 0 Å². The molecule has 2 aromatic carbocycles. The molecule has 3 aromatic rings. The van der Waals surface area contributed by atoms with Gasteiger partial charge in [-0.2, -0.15) is 0 Å². The van der Waals surface area contributed by atoms with Gasteiger partial charge in [0.05, 0.1) is 35.8 Å². The first-order valence-corrected chi connectivity index (χ1v) is 10.4. The lowest BCUT2D eigenvalue weighted by Gasteiger charge is -2.38. The van der Waals surface area contributed by atoms with Crippen LogP contribution in [0.25, 0.3) is 10.9 Å². The molecular formula is C23H24ClN3O3. The Morgan fingerprint density at radius 2 is 1.93 bits per heavy atom. The summed E-state index contributed by atoms with van der Waals surface area (Å²) in [7, 11) is 0. The highest BCUT2D eigenvalue weighted by Crippen LogP contribution is 2.25. The summed E-state index contributed by atoms with van der Waals surface area (Å²) in [6, 6.07) is 12.8. The summed E-state index contributed by atoms with van der Waals surface area (Å²) >= 11 is 5.97. The minimum atomic E-state index is -1.05. The van der Waals surface area contributed by atoms with E-state index < -0.39 is 5.60 Å². The zero-order valence-corrected chi connectivity index (χ0v) is 17.6. The molecular weight excluding hydrogens is 402 g/mol. The Hall–Kier alpha value is -2.70. The van der Waals surface area contributed by atoms with Gasteiger partial charge in [-0.3, -0.25) is 14.2 Å². The van der Waals surface area contributed by atoms with E-state index in [1.54, 1.807) is 23.1 Å². The standard InChI is InChI=1S/C23H24ClN3O3/c1-16-4-2-3-5-17(16)12-21(28)26-10-8-23(30,9-11-26)14-27-15-25-20-13-18(24)6-7-19(20)22(27)29/h2-7,13,15,30H,8-12,14H2,1H3. The van der Waals surface area contributed by atoms with Crippen LogP contribution in [-0.2, 0) is 17.8 Å². The van der Waals surface area contributed by atoms with Gasteiger partial charge in [-0.25, -0.2) is 4.98 Å². The number of aliphatic hydroxyl groups is 1. The number of hydrogen-bond donors (Lipinski definition) is 1. The van der Waals surface area contributed by atoms with Crippen molar-refractivity contribution in [2.75, 3.05) is 13.1 Å². The van der Waals surface area contributed by atoms with E-state index in [9.17, 15) is 14.7 Å². The van der Waals surface area contributed by atoms with Gasteiger partial charge >= 0.3 is 0 Å². The van der Waals surface area contributed by atoms with Gasteiger partial charge in [-0.05, 0) is 49.1 Å². The molecule has 1 aliphatic heterocycles. The average molecular weight is 426 g/mol. The molecule has 0 bridgehead atoms. The number of likely N-dealkylation sites (tertiary alicyclic amines) is 1. The fourth-order valence-electron chi connectivity index (χ4n) is 3.97. The number of piperidine rings is 1. The molecule has 30 heavy (non-hydrogen) atoms. The molecule has 0 saturated carbocycles. The molecule has 7 heteroatoms. The maximum absolute atomic E-state index is 12.8. The molecule has 0 atom stereocenters. The van der Waals surface area contributed by atoms with Crippen molar-refractivity contribution in [3.8, 4) is 0 Å². The van der Waals surface area contributed by atoms with Gasteiger partial charge < -0.3 is 10.0 Å². The number of halogens is 1. The first-order valence-electron chi connectivity index (χ1n) is 10.0. The number of nitrogens with zero attached hydrogens (tertiary/aromatic N) is 3. The quantitative estimate of drug-likeness (QED) is 0.697. The third-order valence-electron chi connectivity index (χ3n) is 5.90. The topological polar surface area (TPSA) is 75.4 Å².